The van der Waals surface area contributed by atoms with E-state index >= 15 is 0 Å². The summed E-state index contributed by atoms with van der Waals surface area (Å²) in [7, 11) is 0. The van der Waals surface area contributed by atoms with Crippen LogP contribution in [0.5, 0.6) is 0 Å². The molecule has 0 aromatic rings. The minimum absolute atomic E-state index is 0.0545. The Labute approximate surface area is 147 Å². The molecule has 0 spiro atoms. The molecule has 0 bridgehead atoms. The molecule has 3 fully saturated rings. The molecule has 130 valence electrons. The van der Waals surface area contributed by atoms with Gasteiger partial charge in [0.15, 0.2) is 10.1 Å². The maximum absolute atomic E-state index is 12.6. The van der Waals surface area contributed by atoms with Gasteiger partial charge in [0.1, 0.15) is 6.10 Å². The Balaban J connectivity index is 1.68. The van der Waals surface area contributed by atoms with Gasteiger partial charge in [-0.1, -0.05) is 50.4 Å². The summed E-state index contributed by atoms with van der Waals surface area (Å²) in [5.74, 6) is 1.07. The van der Waals surface area contributed by atoms with Crippen molar-refractivity contribution in [1.82, 2.24) is 4.90 Å². The van der Waals surface area contributed by atoms with Gasteiger partial charge in [-0.25, -0.2) is 4.79 Å². The monoisotopic (exact) mass is 361 g/mol. The van der Waals surface area contributed by atoms with Crippen LogP contribution >= 0.6 is 23.2 Å². The summed E-state index contributed by atoms with van der Waals surface area (Å²) in [4.78, 5) is 26.1. The molecule has 2 aliphatic carbocycles. The number of Topliss-reactive ketones (excluding diaryl/α,β-unsaturated/α-hetero) is 1. The Bertz CT molecular complexity index is 508. The number of ether oxygens (including phenoxy) is 1. The van der Waals surface area contributed by atoms with Crippen molar-refractivity contribution < 1.29 is 14.3 Å². The van der Waals surface area contributed by atoms with Gasteiger partial charge in [-0.2, -0.15) is 0 Å². The molecule has 0 N–H and O–H groups in total. The van der Waals surface area contributed by atoms with Crippen molar-refractivity contribution in [2.45, 2.75) is 62.9 Å². The standard InChI is InChI=1S/C17H25Cl2NO3/c1-9(2)11-5-4-10(3)8-13(11)23-16(22)20-7-6-12-14(20)17(18,19)15(12)21/h9-14H,4-8H2,1-3H3/t10-,11+,12-,13-,14+/m0/s1. The van der Waals surface area contributed by atoms with Crippen LogP contribution in [-0.4, -0.2) is 39.8 Å². The second-order valence-corrected chi connectivity index (χ2v) is 9.15. The summed E-state index contributed by atoms with van der Waals surface area (Å²) in [5.41, 5.74) is 0. The maximum Gasteiger partial charge on any atom is 0.410 e. The molecular weight excluding hydrogens is 337 g/mol. The van der Waals surface area contributed by atoms with E-state index in [1.165, 1.54) is 6.42 Å². The number of fused-ring (bicyclic) bond motifs is 1. The van der Waals surface area contributed by atoms with Crippen molar-refractivity contribution in [2.75, 3.05) is 6.54 Å². The van der Waals surface area contributed by atoms with Crippen molar-refractivity contribution in [2.24, 2.45) is 23.7 Å². The van der Waals surface area contributed by atoms with Crippen LogP contribution in [0.2, 0.25) is 0 Å². The number of amides is 1. The second kappa shape index (κ2) is 6.11. The summed E-state index contributed by atoms with van der Waals surface area (Å²) < 4.78 is 4.40. The molecule has 4 nitrogen and oxygen atoms in total. The molecule has 3 rings (SSSR count). The highest BCUT2D eigenvalue weighted by Gasteiger charge is 2.66. The number of hydrogen-bond donors (Lipinski definition) is 0. The molecule has 23 heavy (non-hydrogen) atoms. The number of carbonyl (C=O) groups excluding carboxylic acids is 2. The van der Waals surface area contributed by atoms with Crippen LogP contribution < -0.4 is 0 Å². The molecule has 6 heteroatoms. The summed E-state index contributed by atoms with van der Waals surface area (Å²) in [6, 6.07) is -0.427. The molecule has 0 unspecified atom stereocenters. The van der Waals surface area contributed by atoms with Crippen LogP contribution in [0, 0.1) is 23.7 Å². The third-order valence-electron chi connectivity index (χ3n) is 5.88. The lowest BCUT2D eigenvalue weighted by molar-refractivity contribution is -0.133. The van der Waals surface area contributed by atoms with E-state index in [1.807, 2.05) is 0 Å². The van der Waals surface area contributed by atoms with E-state index in [-0.39, 0.29) is 23.9 Å². The van der Waals surface area contributed by atoms with Crippen LogP contribution in [0.25, 0.3) is 0 Å². The van der Waals surface area contributed by atoms with Gasteiger partial charge in [0, 0.05) is 12.5 Å². The zero-order valence-corrected chi connectivity index (χ0v) is 15.4. The summed E-state index contributed by atoms with van der Waals surface area (Å²) >= 11 is 12.2. The van der Waals surface area contributed by atoms with Gasteiger partial charge in [-0.15, -0.1) is 0 Å². The number of ketones is 1. The fourth-order valence-corrected chi connectivity index (χ4v) is 5.28. The highest BCUT2D eigenvalue weighted by molar-refractivity contribution is 6.61. The van der Waals surface area contributed by atoms with Crippen LogP contribution in [0.15, 0.2) is 0 Å². The van der Waals surface area contributed by atoms with Crippen LogP contribution in [-0.2, 0) is 9.53 Å². The van der Waals surface area contributed by atoms with E-state index in [1.54, 1.807) is 4.90 Å². The molecule has 1 saturated heterocycles. The van der Waals surface area contributed by atoms with Crippen molar-refractivity contribution in [3.63, 3.8) is 0 Å². The van der Waals surface area contributed by atoms with Gasteiger partial charge < -0.3 is 9.64 Å². The normalized spacial score (nSPS) is 39.1. The lowest BCUT2D eigenvalue weighted by Gasteiger charge is -2.45. The van der Waals surface area contributed by atoms with E-state index in [2.05, 4.69) is 20.8 Å². The quantitative estimate of drug-likeness (QED) is 0.697. The predicted octanol–water partition coefficient (Wildman–Crippen LogP) is 4.03. The highest BCUT2D eigenvalue weighted by Crippen LogP contribution is 2.51. The van der Waals surface area contributed by atoms with Crippen molar-refractivity contribution in [3.05, 3.63) is 0 Å². The number of alkyl halides is 2. The maximum atomic E-state index is 12.6. The van der Waals surface area contributed by atoms with Gasteiger partial charge in [-0.3, -0.25) is 4.79 Å². The lowest BCUT2D eigenvalue weighted by atomic mass is 9.75. The summed E-state index contributed by atoms with van der Waals surface area (Å²) in [5, 5.41) is 0. The van der Waals surface area contributed by atoms with Gasteiger partial charge in [0.25, 0.3) is 0 Å². The van der Waals surface area contributed by atoms with Crippen molar-refractivity contribution in [3.8, 4) is 0 Å². The predicted molar refractivity (Wildman–Crippen MR) is 89.7 cm³/mol. The van der Waals surface area contributed by atoms with Crippen LogP contribution in [0.3, 0.4) is 0 Å². The molecule has 1 aliphatic heterocycles. The van der Waals surface area contributed by atoms with Gasteiger partial charge in [-0.05, 0) is 37.0 Å². The SMILES string of the molecule is CC(C)[C@H]1CC[C@H](C)C[C@@H]1OC(=O)N1CC[C@@H]2C(=O)C(Cl)(Cl)[C@@H]21. The Kier molecular flexibility index (Phi) is 4.61. The highest BCUT2D eigenvalue weighted by atomic mass is 35.5. The van der Waals surface area contributed by atoms with Crippen LogP contribution in [0.4, 0.5) is 4.79 Å². The Morgan fingerprint density at radius 2 is 2.00 bits per heavy atom. The average molecular weight is 362 g/mol. The molecule has 0 radical (unpaired) electrons. The molecule has 1 amide bonds. The van der Waals surface area contributed by atoms with Gasteiger partial charge >= 0.3 is 6.09 Å². The average Bonchev–Trinajstić information content (AvgIpc) is 2.89. The zero-order valence-electron chi connectivity index (χ0n) is 13.9. The number of nitrogens with zero attached hydrogens (tertiary/aromatic N) is 1. The largest absolute Gasteiger partial charge is 0.446 e. The first-order valence-corrected chi connectivity index (χ1v) is 9.38. The number of carbonyl (C=O) groups is 2. The second-order valence-electron chi connectivity index (χ2n) is 7.77. The number of rotatable bonds is 2. The first-order valence-electron chi connectivity index (χ1n) is 8.62. The smallest absolute Gasteiger partial charge is 0.410 e. The Hall–Kier alpha value is -0.480. The van der Waals surface area contributed by atoms with E-state index in [9.17, 15) is 9.59 Å². The molecule has 1 heterocycles. The minimum Gasteiger partial charge on any atom is -0.446 e. The Morgan fingerprint density at radius 1 is 1.30 bits per heavy atom. The fraction of sp³-hybridized carbons (Fsp3) is 0.882. The van der Waals surface area contributed by atoms with Gasteiger partial charge in [0.05, 0.1) is 6.04 Å². The van der Waals surface area contributed by atoms with Crippen LogP contribution in [0.1, 0.15) is 46.5 Å². The number of likely N-dealkylation sites (tertiary alicyclic amines) is 1. The first kappa shape index (κ1) is 17.3. The number of halogens is 2. The molecule has 5 atom stereocenters. The molecule has 0 aromatic heterocycles. The van der Waals surface area contributed by atoms with Crippen molar-refractivity contribution in [1.29, 1.82) is 0 Å². The van der Waals surface area contributed by atoms with E-state index in [0.717, 1.165) is 12.8 Å². The molecule has 0 aromatic carbocycles. The van der Waals surface area contributed by atoms with E-state index < -0.39 is 10.4 Å². The topological polar surface area (TPSA) is 46.6 Å². The molecule has 2 saturated carbocycles. The molecule has 3 aliphatic rings. The summed E-state index contributed by atoms with van der Waals surface area (Å²) in [6.07, 6.45) is 3.40. The van der Waals surface area contributed by atoms with Gasteiger partial charge in [0.2, 0.25) is 0 Å². The zero-order chi connectivity index (χ0) is 16.9. The van der Waals surface area contributed by atoms with E-state index in [0.29, 0.717) is 30.7 Å². The third-order valence-corrected chi connectivity index (χ3v) is 6.70. The third kappa shape index (κ3) is 2.86. The Morgan fingerprint density at radius 3 is 2.65 bits per heavy atom. The molecular formula is C17H25Cl2NO3. The number of hydrogen-bond acceptors (Lipinski definition) is 3. The fourth-order valence-electron chi connectivity index (χ4n) is 4.46. The first-order chi connectivity index (χ1) is 10.7. The summed E-state index contributed by atoms with van der Waals surface area (Å²) in [6.45, 7) is 7.06. The van der Waals surface area contributed by atoms with E-state index in [4.69, 9.17) is 27.9 Å². The lowest BCUT2D eigenvalue weighted by Crippen LogP contribution is -2.64. The minimum atomic E-state index is -1.46. The van der Waals surface area contributed by atoms with Crippen molar-refractivity contribution >= 4 is 35.1 Å².